The maximum Gasteiger partial charge on any atom is 0.183 e. The quantitative estimate of drug-likeness (QED) is 0.847. The summed E-state index contributed by atoms with van der Waals surface area (Å²) in [4.78, 5) is 4.22. The van der Waals surface area contributed by atoms with Gasteiger partial charge in [0.2, 0.25) is 0 Å². The van der Waals surface area contributed by atoms with Crippen LogP contribution in [0.5, 0.6) is 0 Å². The number of aromatic amines is 1. The van der Waals surface area contributed by atoms with E-state index in [1.165, 1.54) is 32.1 Å². The van der Waals surface area contributed by atoms with Gasteiger partial charge in [0.25, 0.3) is 0 Å². The molecule has 96 valence electrons. The predicted molar refractivity (Wildman–Crippen MR) is 71.1 cm³/mol. The molecule has 0 saturated heterocycles. The molecule has 0 aromatic carbocycles. The van der Waals surface area contributed by atoms with Crippen LogP contribution in [0.2, 0.25) is 0 Å². The smallest absolute Gasteiger partial charge is 0.183 e. The highest BCUT2D eigenvalue weighted by molar-refractivity contribution is 7.99. The lowest BCUT2D eigenvalue weighted by Crippen LogP contribution is -2.40. The molecule has 1 aromatic heterocycles. The molecule has 5 heteroatoms. The van der Waals surface area contributed by atoms with Crippen LogP contribution in [0.25, 0.3) is 0 Å². The molecule has 0 radical (unpaired) electrons. The Morgan fingerprint density at radius 2 is 2.41 bits per heavy atom. The Balaban J connectivity index is 1.94. The topological polar surface area (TPSA) is 53.6 Å². The van der Waals surface area contributed by atoms with Gasteiger partial charge in [0.1, 0.15) is 6.33 Å². The highest BCUT2D eigenvalue weighted by Crippen LogP contribution is 2.36. The van der Waals surface area contributed by atoms with Gasteiger partial charge in [-0.3, -0.25) is 5.10 Å². The lowest BCUT2D eigenvalue weighted by atomic mass is 9.83. The number of hydrogen-bond acceptors (Lipinski definition) is 4. The number of nitrogens with zero attached hydrogens (tertiary/aromatic N) is 2. The Kier molecular flexibility index (Phi) is 4.86. The van der Waals surface area contributed by atoms with Crippen LogP contribution in [0, 0.1) is 5.92 Å². The summed E-state index contributed by atoms with van der Waals surface area (Å²) >= 11 is 1.84. The largest absolute Gasteiger partial charge is 0.316 e. The third-order valence-electron chi connectivity index (χ3n) is 3.62. The zero-order valence-corrected chi connectivity index (χ0v) is 11.5. The lowest BCUT2D eigenvalue weighted by molar-refractivity contribution is 0.295. The van der Waals surface area contributed by atoms with Crippen molar-refractivity contribution in [1.29, 1.82) is 0 Å². The molecule has 1 aliphatic rings. The van der Waals surface area contributed by atoms with Crippen LogP contribution in [0.15, 0.2) is 11.5 Å². The highest BCUT2D eigenvalue weighted by Gasteiger charge is 2.30. The molecular weight excluding hydrogens is 232 g/mol. The van der Waals surface area contributed by atoms with Crippen molar-refractivity contribution >= 4 is 11.8 Å². The number of thioether (sulfide) groups is 1. The summed E-state index contributed by atoms with van der Waals surface area (Å²) in [5, 5.41) is 11.9. The van der Waals surface area contributed by atoms with Gasteiger partial charge in [0.05, 0.1) is 0 Å². The second kappa shape index (κ2) is 6.40. The SMILES string of the molecule is CCCC1CCC(NC)C(Sc2ncn[nH]2)C1. The van der Waals surface area contributed by atoms with E-state index in [1.54, 1.807) is 6.33 Å². The number of rotatable bonds is 5. The first-order chi connectivity index (χ1) is 8.33. The molecule has 1 saturated carbocycles. The first-order valence-corrected chi connectivity index (χ1v) is 7.40. The Bertz CT molecular complexity index is 314. The van der Waals surface area contributed by atoms with Gasteiger partial charge in [-0.05, 0) is 32.2 Å². The molecular formula is C12H22N4S. The van der Waals surface area contributed by atoms with Crippen LogP contribution in [0.3, 0.4) is 0 Å². The summed E-state index contributed by atoms with van der Waals surface area (Å²) < 4.78 is 0. The number of aromatic nitrogens is 3. The lowest BCUT2D eigenvalue weighted by Gasteiger charge is -2.35. The Hall–Kier alpha value is -0.550. The van der Waals surface area contributed by atoms with Crippen LogP contribution >= 0.6 is 11.8 Å². The second-order valence-corrected chi connectivity index (χ2v) is 6.04. The summed E-state index contributed by atoms with van der Waals surface area (Å²) in [6.45, 7) is 2.28. The van der Waals surface area contributed by atoms with E-state index in [1.807, 2.05) is 11.8 Å². The fraction of sp³-hybridized carbons (Fsp3) is 0.833. The van der Waals surface area contributed by atoms with Gasteiger partial charge in [-0.2, -0.15) is 5.10 Å². The second-order valence-electron chi connectivity index (χ2n) is 4.81. The molecule has 1 aromatic rings. The average molecular weight is 254 g/mol. The monoisotopic (exact) mass is 254 g/mol. The molecule has 17 heavy (non-hydrogen) atoms. The minimum atomic E-state index is 0.609. The molecule has 3 atom stereocenters. The maximum atomic E-state index is 4.22. The average Bonchev–Trinajstić information content (AvgIpc) is 2.83. The van der Waals surface area contributed by atoms with E-state index >= 15 is 0 Å². The van der Waals surface area contributed by atoms with Crippen molar-refractivity contribution in [3.8, 4) is 0 Å². The summed E-state index contributed by atoms with van der Waals surface area (Å²) in [6, 6.07) is 0.609. The highest BCUT2D eigenvalue weighted by atomic mass is 32.2. The molecule has 0 amide bonds. The summed E-state index contributed by atoms with van der Waals surface area (Å²) in [6.07, 6.45) is 8.20. The van der Waals surface area contributed by atoms with E-state index in [-0.39, 0.29) is 0 Å². The van der Waals surface area contributed by atoms with Crippen molar-refractivity contribution in [2.75, 3.05) is 7.05 Å². The number of nitrogens with one attached hydrogen (secondary N) is 2. The molecule has 0 bridgehead atoms. The van der Waals surface area contributed by atoms with Gasteiger partial charge in [0, 0.05) is 11.3 Å². The standard InChI is InChI=1S/C12H22N4S/c1-3-4-9-5-6-10(13-2)11(7-9)17-12-14-8-15-16-12/h8-11,13H,3-7H2,1-2H3,(H,14,15,16). The number of H-pyrrole nitrogens is 1. The summed E-state index contributed by atoms with van der Waals surface area (Å²) in [5.41, 5.74) is 0. The first kappa shape index (κ1) is 12.9. The van der Waals surface area contributed by atoms with Gasteiger partial charge in [-0.25, -0.2) is 4.98 Å². The van der Waals surface area contributed by atoms with Crippen molar-refractivity contribution in [2.45, 2.75) is 55.5 Å². The third-order valence-corrected chi connectivity index (χ3v) is 4.87. The number of hydrogen-bond donors (Lipinski definition) is 2. The molecule has 2 N–H and O–H groups in total. The molecule has 0 spiro atoms. The first-order valence-electron chi connectivity index (χ1n) is 6.52. The van der Waals surface area contributed by atoms with Crippen LogP contribution in [0.4, 0.5) is 0 Å². The van der Waals surface area contributed by atoms with Crippen molar-refractivity contribution in [3.05, 3.63) is 6.33 Å². The fourth-order valence-corrected chi connectivity index (χ4v) is 4.04. The van der Waals surface area contributed by atoms with E-state index in [4.69, 9.17) is 0 Å². The molecule has 1 heterocycles. The Morgan fingerprint density at radius 3 is 3.06 bits per heavy atom. The molecule has 1 aliphatic carbocycles. The minimum absolute atomic E-state index is 0.609. The maximum absolute atomic E-state index is 4.22. The van der Waals surface area contributed by atoms with Crippen LogP contribution in [-0.2, 0) is 0 Å². The Morgan fingerprint density at radius 1 is 1.53 bits per heavy atom. The van der Waals surface area contributed by atoms with Crippen LogP contribution < -0.4 is 5.32 Å². The van der Waals surface area contributed by atoms with Gasteiger partial charge in [-0.15, -0.1) is 0 Å². The third kappa shape index (κ3) is 3.45. The summed E-state index contributed by atoms with van der Waals surface area (Å²) in [7, 11) is 2.07. The van der Waals surface area contributed by atoms with Crippen molar-refractivity contribution in [3.63, 3.8) is 0 Å². The minimum Gasteiger partial charge on any atom is -0.316 e. The van der Waals surface area contributed by atoms with E-state index < -0.39 is 0 Å². The molecule has 0 aliphatic heterocycles. The van der Waals surface area contributed by atoms with Gasteiger partial charge < -0.3 is 5.32 Å². The van der Waals surface area contributed by atoms with Crippen molar-refractivity contribution in [2.24, 2.45) is 5.92 Å². The van der Waals surface area contributed by atoms with Crippen LogP contribution in [0.1, 0.15) is 39.0 Å². The molecule has 1 fully saturated rings. The van der Waals surface area contributed by atoms with Crippen molar-refractivity contribution in [1.82, 2.24) is 20.5 Å². The van der Waals surface area contributed by atoms with Crippen LogP contribution in [-0.4, -0.2) is 33.5 Å². The fourth-order valence-electron chi connectivity index (χ4n) is 2.74. The molecule has 2 rings (SSSR count). The molecule has 4 nitrogen and oxygen atoms in total. The zero-order chi connectivity index (χ0) is 12.1. The normalized spacial score (nSPS) is 29.4. The van der Waals surface area contributed by atoms with E-state index in [9.17, 15) is 0 Å². The predicted octanol–water partition coefficient (Wildman–Crippen LogP) is 2.45. The van der Waals surface area contributed by atoms with E-state index in [0.29, 0.717) is 11.3 Å². The van der Waals surface area contributed by atoms with Gasteiger partial charge in [0.15, 0.2) is 5.16 Å². The summed E-state index contributed by atoms with van der Waals surface area (Å²) in [5.74, 6) is 0.894. The van der Waals surface area contributed by atoms with Gasteiger partial charge in [-0.1, -0.05) is 31.5 Å². The Labute approximate surface area is 107 Å². The van der Waals surface area contributed by atoms with E-state index in [0.717, 1.165) is 11.1 Å². The van der Waals surface area contributed by atoms with Gasteiger partial charge >= 0.3 is 0 Å². The molecule has 3 unspecified atom stereocenters. The van der Waals surface area contributed by atoms with Crippen molar-refractivity contribution < 1.29 is 0 Å². The zero-order valence-electron chi connectivity index (χ0n) is 10.6. The van der Waals surface area contributed by atoms with E-state index in [2.05, 4.69) is 34.5 Å².